The van der Waals surface area contributed by atoms with E-state index >= 15 is 0 Å². The number of hydrogen-bond acceptors (Lipinski definition) is 0. The molecule has 6 rings (SSSR count). The Bertz CT molecular complexity index is 1160. The summed E-state index contributed by atoms with van der Waals surface area (Å²) in [5, 5.41) is 0. The molecule has 2 aliphatic heterocycles. The fraction of sp³-hybridized carbons (Fsp3) is 0.314. The minimum atomic E-state index is -1.64. The average Bonchev–Trinajstić information content (AvgIpc) is 3.55. The molecule has 0 aromatic heterocycles. The van der Waals surface area contributed by atoms with Crippen molar-refractivity contribution in [2.75, 3.05) is 19.0 Å². The Morgan fingerprint density at radius 3 is 1.24 bits per heavy atom. The molecule has 2 heteroatoms. The number of rotatable bonds is 7. The third kappa shape index (κ3) is 5.09. The third-order valence-corrected chi connectivity index (χ3v) is 19.2. The molecule has 0 saturated carbocycles. The molecule has 190 valence electrons. The van der Waals surface area contributed by atoms with Gasteiger partial charge in [-0.1, -0.05) is 0 Å². The predicted molar refractivity (Wildman–Crippen MR) is 166 cm³/mol. The average molecular weight is 523 g/mol. The van der Waals surface area contributed by atoms with Crippen LogP contribution in [0.5, 0.6) is 0 Å². The van der Waals surface area contributed by atoms with Gasteiger partial charge < -0.3 is 0 Å². The Balaban J connectivity index is 1.34. The minimum absolute atomic E-state index is 0.114. The zero-order chi connectivity index (χ0) is 25.1. The van der Waals surface area contributed by atoms with Gasteiger partial charge >= 0.3 is 226 Å². The van der Waals surface area contributed by atoms with E-state index in [1.165, 1.54) is 38.0 Å². The van der Waals surface area contributed by atoms with Crippen LogP contribution in [0.1, 0.15) is 70.6 Å². The van der Waals surface area contributed by atoms with Crippen LogP contribution < -0.4 is 0 Å². The van der Waals surface area contributed by atoms with E-state index in [0.29, 0.717) is 0 Å². The second-order valence-electron chi connectivity index (χ2n) is 11.4. The van der Waals surface area contributed by atoms with E-state index in [-0.39, 0.29) is 7.92 Å². The molecule has 0 nitrogen and oxygen atoms in total. The molecule has 0 spiro atoms. The molecule has 2 saturated heterocycles. The molecule has 4 aromatic carbocycles. The molecule has 0 unspecified atom stereocenters. The van der Waals surface area contributed by atoms with Crippen molar-refractivity contribution in [1.82, 2.24) is 0 Å². The summed E-state index contributed by atoms with van der Waals surface area (Å²) in [5.74, 6) is 0. The Hall–Kier alpha value is -2.26. The summed E-state index contributed by atoms with van der Waals surface area (Å²) in [5.41, 5.74) is 9.40. The summed E-state index contributed by atoms with van der Waals surface area (Å²) in [6.07, 6.45) is 8.27. The van der Waals surface area contributed by atoms with Crippen molar-refractivity contribution >= 4 is 15.2 Å². The van der Waals surface area contributed by atoms with Crippen molar-refractivity contribution in [3.8, 4) is 0 Å². The van der Waals surface area contributed by atoms with E-state index in [2.05, 4.69) is 128 Å². The van der Waals surface area contributed by atoms with Gasteiger partial charge in [-0.3, -0.25) is 0 Å². The first-order valence-electron chi connectivity index (χ1n) is 14.2. The second-order valence-corrected chi connectivity index (χ2v) is 19.1. The van der Waals surface area contributed by atoms with Crippen LogP contribution in [0, 0.1) is 0 Å². The normalized spacial score (nSPS) is 26.2. The van der Waals surface area contributed by atoms with Gasteiger partial charge in [-0.2, -0.15) is 0 Å². The first-order chi connectivity index (χ1) is 18.2. The van der Waals surface area contributed by atoms with E-state index in [9.17, 15) is 0 Å². The van der Waals surface area contributed by atoms with Gasteiger partial charge in [0.15, 0.2) is 0 Å². The molecule has 2 aliphatic rings. The summed E-state index contributed by atoms with van der Waals surface area (Å²) in [4.78, 5) is 0. The van der Waals surface area contributed by atoms with Crippen molar-refractivity contribution in [2.24, 2.45) is 0 Å². The molecule has 0 amide bonds. The van der Waals surface area contributed by atoms with Crippen molar-refractivity contribution in [3.05, 3.63) is 144 Å². The molecule has 0 aliphatic carbocycles. The molecule has 4 atom stereocenters. The zero-order valence-corrected chi connectivity index (χ0v) is 23.9. The van der Waals surface area contributed by atoms with Gasteiger partial charge in [-0.15, -0.1) is 0 Å². The fourth-order valence-corrected chi connectivity index (χ4v) is 18.5. The van der Waals surface area contributed by atoms with Crippen molar-refractivity contribution in [1.29, 1.82) is 0 Å². The van der Waals surface area contributed by atoms with Gasteiger partial charge in [0, 0.05) is 0 Å². The number of benzene rings is 4. The molecule has 0 N–H and O–H groups in total. The summed E-state index contributed by atoms with van der Waals surface area (Å²) in [6.45, 7) is 2.77. The molecule has 0 radical (unpaired) electrons. The fourth-order valence-electron chi connectivity index (χ4n) is 7.66. The quantitative estimate of drug-likeness (QED) is 0.212. The van der Waals surface area contributed by atoms with Gasteiger partial charge in [0.1, 0.15) is 0 Å². The summed E-state index contributed by atoms with van der Waals surface area (Å²) >= 11 is 0. The van der Waals surface area contributed by atoms with Gasteiger partial charge in [-0.05, 0) is 0 Å². The number of hydrogen-bond donors (Lipinski definition) is 0. The summed E-state index contributed by atoms with van der Waals surface area (Å²) in [7, 11) is -1.75. The molecular weight excluding hydrogens is 482 g/mol. The molecule has 0 bridgehead atoms. The van der Waals surface area contributed by atoms with Crippen molar-refractivity contribution in [2.45, 2.75) is 48.3 Å². The second kappa shape index (κ2) is 11.2. The zero-order valence-electron chi connectivity index (χ0n) is 22.0. The third-order valence-electron chi connectivity index (χ3n) is 9.53. The van der Waals surface area contributed by atoms with Crippen LogP contribution in [0.4, 0.5) is 0 Å². The van der Waals surface area contributed by atoms with Gasteiger partial charge in [0.2, 0.25) is 0 Å². The first-order valence-corrected chi connectivity index (χ1v) is 18.7. The van der Waals surface area contributed by atoms with E-state index in [1.54, 1.807) is 22.3 Å². The molecule has 2 fully saturated rings. The Kier molecular flexibility index (Phi) is 7.60. The maximum atomic E-state index is 2.77. The van der Waals surface area contributed by atoms with Crippen molar-refractivity contribution in [3.63, 3.8) is 0 Å². The van der Waals surface area contributed by atoms with Crippen LogP contribution in [0.2, 0.25) is 0 Å². The van der Waals surface area contributed by atoms with Crippen LogP contribution in [0.15, 0.2) is 121 Å². The van der Waals surface area contributed by atoms with E-state index in [0.717, 1.165) is 22.6 Å². The maximum absolute atomic E-state index is 2.77. The van der Waals surface area contributed by atoms with Crippen LogP contribution >= 0.6 is 15.2 Å². The standard InChI is InChI=1S/C35H40P2/c1-37(34(30-18-10-4-11-19-30)24-25-35(37)31-20-12-5-13-21-31)27-26-36-32(28-14-6-2-7-15-28)22-23-33(36)29-16-8-3-9-17-29/h2-21,32-35,37H,22-27H2,1H3/t32-,33-,34-,35-/m0/s1. The molecule has 37 heavy (non-hydrogen) atoms. The van der Waals surface area contributed by atoms with E-state index in [4.69, 9.17) is 0 Å². The monoisotopic (exact) mass is 522 g/mol. The van der Waals surface area contributed by atoms with E-state index < -0.39 is 7.26 Å². The SMILES string of the molecule is C[PH]1(CCP2[C@H](c3ccccc3)CC[C@H]2c2ccccc2)[C@H](c2ccccc2)CC[C@H]1c1ccccc1. The van der Waals surface area contributed by atoms with Crippen molar-refractivity contribution < 1.29 is 0 Å². The Morgan fingerprint density at radius 2 is 0.865 bits per heavy atom. The molecular formula is C35H40P2. The van der Waals surface area contributed by atoms with Crippen LogP contribution in [0.25, 0.3) is 0 Å². The van der Waals surface area contributed by atoms with Crippen LogP contribution in [-0.2, 0) is 0 Å². The summed E-state index contributed by atoms with van der Waals surface area (Å²) < 4.78 is 0. The Morgan fingerprint density at radius 1 is 0.514 bits per heavy atom. The van der Waals surface area contributed by atoms with Gasteiger partial charge in [-0.25, -0.2) is 0 Å². The van der Waals surface area contributed by atoms with Crippen LogP contribution in [0.3, 0.4) is 0 Å². The van der Waals surface area contributed by atoms with E-state index in [1.807, 2.05) is 0 Å². The van der Waals surface area contributed by atoms with Gasteiger partial charge in [0.25, 0.3) is 0 Å². The molecule has 2 heterocycles. The topological polar surface area (TPSA) is 0 Å². The Labute approximate surface area is 225 Å². The predicted octanol–water partition coefficient (Wildman–Crippen LogP) is 10.4. The summed E-state index contributed by atoms with van der Waals surface area (Å²) in [6, 6.07) is 46.1. The van der Waals surface area contributed by atoms with Crippen LogP contribution in [-0.4, -0.2) is 19.0 Å². The molecule has 4 aromatic rings. The first kappa shape index (κ1) is 25.0. The van der Waals surface area contributed by atoms with Gasteiger partial charge in [0.05, 0.1) is 0 Å².